The molecule has 0 aromatic heterocycles. The zero-order chi connectivity index (χ0) is 4.28. The molecule has 0 aliphatic heterocycles. The van der Waals surface area contributed by atoms with Crippen molar-refractivity contribution in [2.24, 2.45) is 5.92 Å². The van der Waals surface area contributed by atoms with Crippen molar-refractivity contribution in [3.8, 4) is 0 Å². The van der Waals surface area contributed by atoms with Gasteiger partial charge in [0.25, 0.3) is 0 Å². The fraction of sp³-hybridized carbons (Fsp3) is 0.750. The van der Waals surface area contributed by atoms with Crippen molar-refractivity contribution < 1.29 is 17.0 Å². The van der Waals surface area contributed by atoms with Gasteiger partial charge in [-0.1, -0.05) is 0 Å². The van der Waals surface area contributed by atoms with Crippen molar-refractivity contribution in [2.75, 3.05) is 0 Å². The van der Waals surface area contributed by atoms with Crippen molar-refractivity contribution >= 4 is 4.73 Å². The van der Waals surface area contributed by atoms with Crippen LogP contribution in [0.4, 0.5) is 0 Å². The van der Waals surface area contributed by atoms with Crippen LogP contribution >= 0.6 is 0 Å². The van der Waals surface area contributed by atoms with Gasteiger partial charge in [-0.05, 0) is 0 Å². The molecule has 0 nitrogen and oxygen atoms in total. The standard InChI is InChI=1S/C4H8.V/c1-4(2)3;/h1,4H,2-3H3;. The molecule has 0 bridgehead atoms. The molecular weight excluding hydrogens is 99.0 g/mol. The van der Waals surface area contributed by atoms with Crippen molar-refractivity contribution in [3.05, 3.63) is 0 Å². The summed E-state index contributed by atoms with van der Waals surface area (Å²) in [5.41, 5.74) is 0. The van der Waals surface area contributed by atoms with Gasteiger partial charge in [0, 0.05) is 0 Å². The van der Waals surface area contributed by atoms with Gasteiger partial charge in [-0.25, -0.2) is 0 Å². The third kappa shape index (κ3) is 4.45. The molecule has 0 amide bonds. The van der Waals surface area contributed by atoms with Crippen LogP contribution < -0.4 is 0 Å². The monoisotopic (exact) mass is 107 g/mol. The van der Waals surface area contributed by atoms with E-state index in [4.69, 9.17) is 0 Å². The van der Waals surface area contributed by atoms with Crippen molar-refractivity contribution in [1.29, 1.82) is 0 Å². The van der Waals surface area contributed by atoms with Crippen molar-refractivity contribution in [1.82, 2.24) is 0 Å². The predicted octanol–water partition coefficient (Wildman–Crippen LogP) is 0.991. The molecule has 0 atom stereocenters. The summed E-state index contributed by atoms with van der Waals surface area (Å²) < 4.78 is 2.10. The molecule has 0 unspecified atom stereocenters. The van der Waals surface area contributed by atoms with E-state index in [0.29, 0.717) is 0 Å². The molecule has 0 fully saturated rings. The summed E-state index contributed by atoms with van der Waals surface area (Å²) in [7, 11) is 0. The van der Waals surface area contributed by atoms with E-state index in [-0.39, 0.29) is 0 Å². The van der Waals surface area contributed by atoms with Crippen LogP contribution in [-0.2, 0) is 17.0 Å². The van der Waals surface area contributed by atoms with Crippen LogP contribution in [0.5, 0.6) is 0 Å². The molecule has 0 saturated carbocycles. The second kappa shape index (κ2) is 2.68. The topological polar surface area (TPSA) is 0 Å². The van der Waals surface area contributed by atoms with E-state index in [1.54, 1.807) is 0 Å². The summed E-state index contributed by atoms with van der Waals surface area (Å²) >= 11 is 2.45. The molecule has 0 aromatic rings. The molecule has 0 aliphatic carbocycles. The number of rotatable bonds is 1. The van der Waals surface area contributed by atoms with Crippen LogP contribution in [0.25, 0.3) is 0 Å². The van der Waals surface area contributed by atoms with E-state index in [0.717, 1.165) is 5.92 Å². The molecule has 0 rings (SSSR count). The predicted molar refractivity (Wildman–Crippen MR) is 20.9 cm³/mol. The molecule has 0 spiro atoms. The summed E-state index contributed by atoms with van der Waals surface area (Å²) in [5, 5.41) is 0. The Labute approximate surface area is 42.1 Å². The van der Waals surface area contributed by atoms with E-state index >= 15 is 0 Å². The van der Waals surface area contributed by atoms with Crippen LogP contribution in [0.2, 0.25) is 0 Å². The summed E-state index contributed by atoms with van der Waals surface area (Å²) in [5.74, 6) is 0.731. The van der Waals surface area contributed by atoms with Crippen LogP contribution in [0.15, 0.2) is 0 Å². The Morgan fingerprint density at radius 3 is 1.80 bits per heavy atom. The first-order valence-electron chi connectivity index (χ1n) is 1.75. The van der Waals surface area contributed by atoms with E-state index in [9.17, 15) is 0 Å². The van der Waals surface area contributed by atoms with E-state index in [1.807, 2.05) is 0 Å². The van der Waals surface area contributed by atoms with Gasteiger partial charge in [-0.15, -0.1) is 0 Å². The third-order valence-electron chi connectivity index (χ3n) is 0.298. The van der Waals surface area contributed by atoms with Gasteiger partial charge in [0.1, 0.15) is 0 Å². The van der Waals surface area contributed by atoms with E-state index in [1.165, 1.54) is 0 Å². The second-order valence-electron chi connectivity index (χ2n) is 1.39. The number of hydrogen-bond donors (Lipinski definition) is 0. The first kappa shape index (κ1) is 5.45. The Morgan fingerprint density at radius 1 is 1.60 bits per heavy atom. The van der Waals surface area contributed by atoms with Crippen LogP contribution in [0.1, 0.15) is 13.8 Å². The second-order valence-corrected chi connectivity index (χ2v) is 1.86. The van der Waals surface area contributed by atoms with Crippen molar-refractivity contribution in [2.45, 2.75) is 13.8 Å². The van der Waals surface area contributed by atoms with Crippen LogP contribution in [-0.4, -0.2) is 4.73 Å². The van der Waals surface area contributed by atoms with Crippen LogP contribution in [0, 0.1) is 5.92 Å². The SMILES string of the molecule is CC(C)[CH]=[V]. The Bertz CT molecular complexity index is 30.6. The fourth-order valence-corrected chi connectivity index (χ4v) is 0. The van der Waals surface area contributed by atoms with Gasteiger partial charge in [0.15, 0.2) is 0 Å². The van der Waals surface area contributed by atoms with Gasteiger partial charge < -0.3 is 0 Å². The Kier molecular flexibility index (Phi) is 2.92. The summed E-state index contributed by atoms with van der Waals surface area (Å²) in [6.45, 7) is 4.30. The zero-order valence-electron chi connectivity index (χ0n) is 3.60. The van der Waals surface area contributed by atoms with Crippen LogP contribution in [0.3, 0.4) is 0 Å². The zero-order valence-corrected chi connectivity index (χ0v) is 5.00. The summed E-state index contributed by atoms with van der Waals surface area (Å²) in [6.07, 6.45) is 0. The normalized spacial score (nSPS) is 8.40. The minimum absolute atomic E-state index is 0.731. The van der Waals surface area contributed by atoms with Gasteiger partial charge in [-0.3, -0.25) is 0 Å². The average Bonchev–Trinajstić information content (AvgIpc) is 1.38. The maximum absolute atomic E-state index is 2.45. The molecular formula is C4H8V. The molecule has 1 heteroatoms. The fourth-order valence-electron chi connectivity index (χ4n) is 0. The quantitative estimate of drug-likeness (QED) is 0.468. The number of hydrogen-bond acceptors (Lipinski definition) is 0. The molecule has 0 radical (unpaired) electrons. The molecule has 0 saturated heterocycles. The average molecular weight is 107 g/mol. The minimum atomic E-state index is 0.731. The molecule has 0 aromatic carbocycles. The Balaban J connectivity index is 2.83. The third-order valence-corrected chi connectivity index (χ3v) is 1.23. The Morgan fingerprint density at radius 2 is 1.80 bits per heavy atom. The first-order valence-corrected chi connectivity index (χ1v) is 2.55. The van der Waals surface area contributed by atoms with Gasteiger partial charge in [0.05, 0.1) is 0 Å². The van der Waals surface area contributed by atoms with Gasteiger partial charge >= 0.3 is 41.5 Å². The molecule has 0 N–H and O–H groups in total. The van der Waals surface area contributed by atoms with E-state index < -0.39 is 0 Å². The van der Waals surface area contributed by atoms with Crippen molar-refractivity contribution in [3.63, 3.8) is 0 Å². The van der Waals surface area contributed by atoms with Gasteiger partial charge in [0.2, 0.25) is 0 Å². The Hall–Kier alpha value is 0.454. The van der Waals surface area contributed by atoms with Gasteiger partial charge in [-0.2, -0.15) is 0 Å². The summed E-state index contributed by atoms with van der Waals surface area (Å²) in [6, 6.07) is 0. The van der Waals surface area contributed by atoms with E-state index in [2.05, 4.69) is 35.6 Å². The molecule has 0 heterocycles. The molecule has 5 heavy (non-hydrogen) atoms. The molecule has 29 valence electrons. The molecule has 0 aliphatic rings. The maximum atomic E-state index is 2.45. The summed E-state index contributed by atoms with van der Waals surface area (Å²) in [4.78, 5) is 0. The first-order chi connectivity index (χ1) is 2.27.